The Labute approximate surface area is 74.4 Å². The maximum Gasteiger partial charge on any atom is 0.226 e. The molecule has 0 fully saturated rings. The van der Waals surface area contributed by atoms with E-state index in [1.165, 1.54) is 0 Å². The van der Waals surface area contributed by atoms with E-state index in [4.69, 9.17) is 0 Å². The SMILES string of the molecule is C/C=C\C(=C/C)NC(=O)C(C)C. The molecule has 0 radical (unpaired) electrons. The highest BCUT2D eigenvalue weighted by molar-refractivity contribution is 5.80. The minimum atomic E-state index is 0.0326. The maximum absolute atomic E-state index is 11.2. The molecule has 0 aromatic rings. The molecule has 0 spiro atoms. The molecule has 12 heavy (non-hydrogen) atoms. The van der Waals surface area contributed by atoms with Crippen LogP contribution in [0.1, 0.15) is 27.7 Å². The van der Waals surface area contributed by atoms with Crippen molar-refractivity contribution >= 4 is 5.91 Å². The van der Waals surface area contributed by atoms with Crippen molar-refractivity contribution in [2.24, 2.45) is 5.92 Å². The molecule has 0 bridgehead atoms. The van der Waals surface area contributed by atoms with Crippen LogP contribution in [0.4, 0.5) is 0 Å². The molecule has 0 atom stereocenters. The van der Waals surface area contributed by atoms with Gasteiger partial charge in [0.25, 0.3) is 0 Å². The zero-order chi connectivity index (χ0) is 9.56. The quantitative estimate of drug-likeness (QED) is 0.642. The van der Waals surface area contributed by atoms with E-state index in [9.17, 15) is 4.79 Å². The van der Waals surface area contributed by atoms with E-state index in [2.05, 4.69) is 5.32 Å². The lowest BCUT2D eigenvalue weighted by atomic mass is 10.2. The fourth-order valence-electron chi connectivity index (χ4n) is 0.676. The van der Waals surface area contributed by atoms with E-state index in [-0.39, 0.29) is 11.8 Å². The lowest BCUT2D eigenvalue weighted by molar-refractivity contribution is -0.123. The Balaban J connectivity index is 4.14. The van der Waals surface area contributed by atoms with E-state index in [0.29, 0.717) is 0 Å². The third kappa shape index (κ3) is 3.96. The van der Waals surface area contributed by atoms with Gasteiger partial charge in [0.05, 0.1) is 0 Å². The van der Waals surface area contributed by atoms with Crippen LogP contribution in [0.3, 0.4) is 0 Å². The predicted molar refractivity (Wildman–Crippen MR) is 51.6 cm³/mol. The monoisotopic (exact) mass is 167 g/mol. The second kappa shape index (κ2) is 5.58. The minimum absolute atomic E-state index is 0.0326. The molecule has 0 aromatic carbocycles. The summed E-state index contributed by atoms with van der Waals surface area (Å²) in [5.41, 5.74) is 0.858. The molecule has 2 nitrogen and oxygen atoms in total. The van der Waals surface area contributed by atoms with E-state index in [1.807, 2.05) is 45.9 Å². The van der Waals surface area contributed by atoms with Gasteiger partial charge in [-0.3, -0.25) is 4.79 Å². The zero-order valence-electron chi connectivity index (χ0n) is 8.22. The number of amides is 1. The van der Waals surface area contributed by atoms with Crippen molar-refractivity contribution in [3.63, 3.8) is 0 Å². The molecule has 1 N–H and O–H groups in total. The van der Waals surface area contributed by atoms with Crippen LogP contribution in [0.2, 0.25) is 0 Å². The van der Waals surface area contributed by atoms with Crippen LogP contribution in [0.5, 0.6) is 0 Å². The number of hydrogen-bond acceptors (Lipinski definition) is 1. The molecule has 1 amide bonds. The van der Waals surface area contributed by atoms with Crippen LogP contribution < -0.4 is 5.32 Å². The summed E-state index contributed by atoms with van der Waals surface area (Å²) >= 11 is 0. The highest BCUT2D eigenvalue weighted by atomic mass is 16.1. The standard InChI is InChI=1S/C10H17NO/c1-5-7-9(6-2)11-10(12)8(3)4/h5-8H,1-4H3,(H,11,12)/b7-5-,9-6+. The summed E-state index contributed by atoms with van der Waals surface area (Å²) < 4.78 is 0. The Morgan fingerprint density at radius 3 is 2.25 bits per heavy atom. The topological polar surface area (TPSA) is 29.1 Å². The molecule has 0 aromatic heterocycles. The van der Waals surface area contributed by atoms with Crippen molar-refractivity contribution in [2.45, 2.75) is 27.7 Å². The normalized spacial score (nSPS) is 12.6. The highest BCUT2D eigenvalue weighted by Gasteiger charge is 2.05. The van der Waals surface area contributed by atoms with Crippen LogP contribution in [0.25, 0.3) is 0 Å². The van der Waals surface area contributed by atoms with Crippen LogP contribution in [-0.4, -0.2) is 5.91 Å². The van der Waals surface area contributed by atoms with E-state index in [1.54, 1.807) is 0 Å². The van der Waals surface area contributed by atoms with Crippen molar-refractivity contribution in [1.82, 2.24) is 5.32 Å². The summed E-state index contributed by atoms with van der Waals surface area (Å²) in [7, 11) is 0. The van der Waals surface area contributed by atoms with Gasteiger partial charge in [0.2, 0.25) is 5.91 Å². The first-order valence-electron chi connectivity index (χ1n) is 4.21. The van der Waals surface area contributed by atoms with Gasteiger partial charge in [-0.05, 0) is 19.9 Å². The van der Waals surface area contributed by atoms with Crippen molar-refractivity contribution in [1.29, 1.82) is 0 Å². The summed E-state index contributed by atoms with van der Waals surface area (Å²) in [4.78, 5) is 11.2. The molecule has 0 aliphatic rings. The Morgan fingerprint density at radius 1 is 1.33 bits per heavy atom. The smallest absolute Gasteiger partial charge is 0.226 e. The minimum Gasteiger partial charge on any atom is -0.326 e. The Kier molecular flexibility index (Phi) is 5.09. The van der Waals surface area contributed by atoms with E-state index < -0.39 is 0 Å². The number of nitrogens with one attached hydrogen (secondary N) is 1. The molecule has 0 heterocycles. The molecule has 68 valence electrons. The van der Waals surface area contributed by atoms with Crippen LogP contribution in [-0.2, 0) is 4.79 Å². The van der Waals surface area contributed by atoms with Crippen LogP contribution in [0, 0.1) is 5.92 Å². The fourth-order valence-corrected chi connectivity index (χ4v) is 0.676. The third-order valence-corrected chi connectivity index (χ3v) is 1.45. The average Bonchev–Trinajstić information content (AvgIpc) is 2.03. The maximum atomic E-state index is 11.2. The number of allylic oxidation sites excluding steroid dienone is 3. The lowest BCUT2D eigenvalue weighted by Crippen LogP contribution is -2.26. The lowest BCUT2D eigenvalue weighted by Gasteiger charge is -2.07. The second-order valence-electron chi connectivity index (χ2n) is 2.89. The van der Waals surface area contributed by atoms with E-state index in [0.717, 1.165) is 5.70 Å². The van der Waals surface area contributed by atoms with Gasteiger partial charge < -0.3 is 5.32 Å². The largest absolute Gasteiger partial charge is 0.326 e. The average molecular weight is 167 g/mol. The number of carbonyl (C=O) groups excluding carboxylic acids is 1. The Bertz CT molecular complexity index is 202. The predicted octanol–water partition coefficient (Wildman–Crippen LogP) is 2.24. The molecular weight excluding hydrogens is 150 g/mol. The van der Waals surface area contributed by atoms with Crippen molar-refractivity contribution in [3.8, 4) is 0 Å². The molecular formula is C10H17NO. The zero-order valence-corrected chi connectivity index (χ0v) is 8.22. The van der Waals surface area contributed by atoms with Crippen LogP contribution in [0.15, 0.2) is 23.9 Å². The van der Waals surface area contributed by atoms with Crippen molar-refractivity contribution in [3.05, 3.63) is 23.9 Å². The van der Waals surface area contributed by atoms with Gasteiger partial charge >= 0.3 is 0 Å². The molecule has 0 aliphatic heterocycles. The summed E-state index contributed by atoms with van der Waals surface area (Å²) in [5, 5.41) is 2.80. The molecule has 2 heteroatoms. The molecule has 0 saturated heterocycles. The number of carbonyl (C=O) groups is 1. The van der Waals surface area contributed by atoms with E-state index >= 15 is 0 Å². The first-order chi connectivity index (χ1) is 5.61. The summed E-state index contributed by atoms with van der Waals surface area (Å²) in [5.74, 6) is 0.0893. The highest BCUT2D eigenvalue weighted by Crippen LogP contribution is 1.96. The molecule has 0 aliphatic carbocycles. The Hall–Kier alpha value is -1.05. The second-order valence-corrected chi connectivity index (χ2v) is 2.89. The first kappa shape index (κ1) is 11.0. The molecule has 0 saturated carbocycles. The van der Waals surface area contributed by atoms with Crippen molar-refractivity contribution in [2.75, 3.05) is 0 Å². The summed E-state index contributed by atoms with van der Waals surface area (Å²) in [6.07, 6.45) is 5.65. The Morgan fingerprint density at radius 2 is 1.92 bits per heavy atom. The number of rotatable bonds is 3. The molecule has 0 unspecified atom stereocenters. The van der Waals surface area contributed by atoms with Gasteiger partial charge in [-0.25, -0.2) is 0 Å². The number of hydrogen-bond donors (Lipinski definition) is 1. The van der Waals surface area contributed by atoms with Gasteiger partial charge in [0, 0.05) is 11.6 Å². The summed E-state index contributed by atoms with van der Waals surface area (Å²) in [6, 6.07) is 0. The van der Waals surface area contributed by atoms with Gasteiger partial charge in [-0.1, -0.05) is 26.0 Å². The van der Waals surface area contributed by atoms with Gasteiger partial charge in [0.1, 0.15) is 0 Å². The third-order valence-electron chi connectivity index (χ3n) is 1.45. The van der Waals surface area contributed by atoms with Crippen molar-refractivity contribution < 1.29 is 4.79 Å². The van der Waals surface area contributed by atoms with Gasteiger partial charge in [-0.15, -0.1) is 0 Å². The van der Waals surface area contributed by atoms with Crippen LogP contribution >= 0.6 is 0 Å². The van der Waals surface area contributed by atoms with Gasteiger partial charge in [-0.2, -0.15) is 0 Å². The fraction of sp³-hybridized carbons (Fsp3) is 0.500. The summed E-state index contributed by atoms with van der Waals surface area (Å²) in [6.45, 7) is 7.57. The first-order valence-corrected chi connectivity index (χ1v) is 4.21. The molecule has 0 rings (SSSR count). The van der Waals surface area contributed by atoms with Gasteiger partial charge in [0.15, 0.2) is 0 Å².